The van der Waals surface area contributed by atoms with Crippen LogP contribution in [0.1, 0.15) is 0 Å². The number of hydrogen-bond acceptors (Lipinski definition) is 6. The number of hydrogen-bond donors (Lipinski definition) is 1. The molecule has 3 heterocycles. The molecule has 0 saturated heterocycles. The van der Waals surface area contributed by atoms with Gasteiger partial charge in [0.2, 0.25) is 0 Å². The minimum Gasteiger partial charge on any atom is -0.399 e. The third-order valence-electron chi connectivity index (χ3n) is 3.15. The van der Waals surface area contributed by atoms with Gasteiger partial charge in [-0.15, -0.1) is 5.10 Å². The van der Waals surface area contributed by atoms with E-state index in [1.54, 1.807) is 23.1 Å². The van der Waals surface area contributed by atoms with Gasteiger partial charge in [0, 0.05) is 23.6 Å². The highest BCUT2D eigenvalue weighted by molar-refractivity contribution is 5.61. The molecule has 0 fully saturated rings. The van der Waals surface area contributed by atoms with Crippen molar-refractivity contribution in [3.63, 3.8) is 0 Å². The second-order valence-electron chi connectivity index (χ2n) is 4.46. The zero-order valence-electron chi connectivity index (χ0n) is 10.8. The first-order valence-corrected chi connectivity index (χ1v) is 6.25. The van der Waals surface area contributed by atoms with Gasteiger partial charge in [0.25, 0.3) is 0 Å². The molecule has 0 aliphatic rings. The summed E-state index contributed by atoms with van der Waals surface area (Å²) in [6.45, 7) is 0. The molecule has 2 N–H and O–H groups in total. The smallest absolute Gasteiger partial charge is 0.199 e. The lowest BCUT2D eigenvalue weighted by Crippen LogP contribution is -2.05. The van der Waals surface area contributed by atoms with E-state index in [0.717, 1.165) is 11.4 Å². The number of imidazole rings is 1. The van der Waals surface area contributed by atoms with Gasteiger partial charge in [-0.1, -0.05) is 0 Å². The fourth-order valence-corrected chi connectivity index (χ4v) is 2.16. The number of rotatable bonds is 2. The van der Waals surface area contributed by atoms with Gasteiger partial charge in [-0.25, -0.2) is 4.98 Å². The molecule has 0 aliphatic carbocycles. The van der Waals surface area contributed by atoms with E-state index >= 15 is 0 Å². The zero-order valence-corrected chi connectivity index (χ0v) is 10.8. The molecule has 0 bridgehead atoms. The molecule has 0 unspecified atom stereocenters. The van der Waals surface area contributed by atoms with Crippen LogP contribution in [0.25, 0.3) is 22.9 Å². The van der Waals surface area contributed by atoms with Crippen molar-refractivity contribution in [2.75, 3.05) is 5.73 Å². The van der Waals surface area contributed by atoms with Crippen LogP contribution in [0, 0.1) is 0 Å². The predicted octanol–water partition coefficient (Wildman–Crippen LogP) is 0.954. The SMILES string of the molecule is Nc1ccc(-c2nccn2-c2cncc3nnnn23)cc1. The fraction of sp³-hybridized carbons (Fsp3) is 0. The van der Waals surface area contributed by atoms with E-state index in [2.05, 4.69) is 25.5 Å². The molecule has 0 atom stereocenters. The summed E-state index contributed by atoms with van der Waals surface area (Å²) in [6, 6.07) is 7.51. The lowest BCUT2D eigenvalue weighted by molar-refractivity contribution is 0.787. The topological polar surface area (TPSA) is 99.8 Å². The standard InChI is InChI=1S/C13H10N8/c14-10-3-1-9(2-4-10)13-16-5-6-20(13)12-8-15-7-11-17-18-19-21(11)12/h1-8H,14H2. The lowest BCUT2D eigenvalue weighted by Gasteiger charge is -2.08. The molecular formula is C13H10N8. The van der Waals surface area contributed by atoms with Crippen molar-refractivity contribution in [1.29, 1.82) is 0 Å². The zero-order chi connectivity index (χ0) is 14.2. The molecular weight excluding hydrogens is 268 g/mol. The largest absolute Gasteiger partial charge is 0.399 e. The maximum atomic E-state index is 5.72. The van der Waals surface area contributed by atoms with Crippen molar-refractivity contribution < 1.29 is 0 Å². The molecule has 0 saturated carbocycles. The summed E-state index contributed by atoms with van der Waals surface area (Å²) in [4.78, 5) is 8.55. The summed E-state index contributed by atoms with van der Waals surface area (Å²) in [5.41, 5.74) is 7.95. The van der Waals surface area contributed by atoms with E-state index in [4.69, 9.17) is 5.73 Å². The molecule has 21 heavy (non-hydrogen) atoms. The fourth-order valence-electron chi connectivity index (χ4n) is 2.16. The Balaban J connectivity index is 1.93. The Hall–Kier alpha value is -3.29. The van der Waals surface area contributed by atoms with Gasteiger partial charge in [0.1, 0.15) is 5.82 Å². The third kappa shape index (κ3) is 1.81. The van der Waals surface area contributed by atoms with Crippen LogP contribution in [0.4, 0.5) is 5.69 Å². The van der Waals surface area contributed by atoms with Gasteiger partial charge in [-0.3, -0.25) is 9.55 Å². The third-order valence-corrected chi connectivity index (χ3v) is 3.15. The Morgan fingerprint density at radius 1 is 1.05 bits per heavy atom. The molecule has 8 nitrogen and oxygen atoms in total. The molecule has 0 aliphatic heterocycles. The highest BCUT2D eigenvalue weighted by Crippen LogP contribution is 2.21. The first-order chi connectivity index (χ1) is 10.3. The van der Waals surface area contributed by atoms with Crippen molar-refractivity contribution in [1.82, 2.24) is 34.6 Å². The van der Waals surface area contributed by atoms with Crippen LogP contribution in [0.15, 0.2) is 49.1 Å². The monoisotopic (exact) mass is 278 g/mol. The first kappa shape index (κ1) is 11.5. The first-order valence-electron chi connectivity index (χ1n) is 6.25. The summed E-state index contributed by atoms with van der Waals surface area (Å²) in [7, 11) is 0. The van der Waals surface area contributed by atoms with E-state index in [1.165, 1.54) is 0 Å². The average Bonchev–Trinajstić information content (AvgIpc) is 3.16. The number of nitrogens with two attached hydrogens (primary N) is 1. The van der Waals surface area contributed by atoms with Crippen molar-refractivity contribution in [2.24, 2.45) is 0 Å². The van der Waals surface area contributed by atoms with Gasteiger partial charge in [0.05, 0.1) is 12.4 Å². The van der Waals surface area contributed by atoms with Gasteiger partial charge in [0.15, 0.2) is 11.5 Å². The van der Waals surface area contributed by atoms with Gasteiger partial charge < -0.3 is 5.73 Å². The van der Waals surface area contributed by atoms with Gasteiger partial charge >= 0.3 is 0 Å². The molecule has 102 valence electrons. The highest BCUT2D eigenvalue weighted by atomic mass is 15.5. The Kier molecular flexibility index (Phi) is 2.40. The number of nitrogen functional groups attached to an aromatic ring is 1. The second-order valence-corrected chi connectivity index (χ2v) is 4.46. The van der Waals surface area contributed by atoms with Crippen LogP contribution in [-0.2, 0) is 0 Å². The Morgan fingerprint density at radius 3 is 2.76 bits per heavy atom. The molecule has 1 aromatic carbocycles. The van der Waals surface area contributed by atoms with Crippen molar-refractivity contribution >= 4 is 11.3 Å². The minimum absolute atomic E-state index is 0.574. The van der Waals surface area contributed by atoms with Gasteiger partial charge in [-0.2, -0.15) is 4.52 Å². The minimum atomic E-state index is 0.574. The van der Waals surface area contributed by atoms with Gasteiger partial charge in [-0.05, 0) is 34.7 Å². The van der Waals surface area contributed by atoms with E-state index in [1.807, 2.05) is 35.0 Å². The van der Waals surface area contributed by atoms with Crippen molar-refractivity contribution in [2.45, 2.75) is 0 Å². The van der Waals surface area contributed by atoms with Crippen LogP contribution in [-0.4, -0.2) is 34.6 Å². The maximum absolute atomic E-state index is 5.72. The molecule has 0 spiro atoms. The number of fused-ring (bicyclic) bond motifs is 1. The number of nitrogens with zero attached hydrogens (tertiary/aromatic N) is 7. The van der Waals surface area contributed by atoms with E-state index in [0.29, 0.717) is 17.2 Å². The quantitative estimate of drug-likeness (QED) is 0.548. The molecule has 8 heteroatoms. The van der Waals surface area contributed by atoms with Crippen molar-refractivity contribution in [3.8, 4) is 17.2 Å². The maximum Gasteiger partial charge on any atom is 0.199 e. The normalized spacial score (nSPS) is 11.0. The molecule has 4 aromatic rings. The summed E-state index contributed by atoms with van der Waals surface area (Å²) < 4.78 is 3.48. The summed E-state index contributed by atoms with van der Waals surface area (Å²) in [5.74, 6) is 1.47. The van der Waals surface area contributed by atoms with Crippen LogP contribution in [0.5, 0.6) is 0 Å². The van der Waals surface area contributed by atoms with Crippen molar-refractivity contribution in [3.05, 3.63) is 49.1 Å². The molecule has 4 rings (SSSR count). The Labute approximate surface area is 118 Å². The summed E-state index contributed by atoms with van der Waals surface area (Å²) in [6.07, 6.45) is 6.84. The van der Waals surface area contributed by atoms with Crippen LogP contribution < -0.4 is 5.73 Å². The number of benzene rings is 1. The van der Waals surface area contributed by atoms with Crippen LogP contribution in [0.2, 0.25) is 0 Å². The molecule has 3 aromatic heterocycles. The number of anilines is 1. The summed E-state index contributed by atoms with van der Waals surface area (Å²) in [5, 5.41) is 11.5. The number of aromatic nitrogens is 7. The van der Waals surface area contributed by atoms with Crippen LogP contribution in [0.3, 0.4) is 0 Å². The average molecular weight is 278 g/mol. The second kappa shape index (κ2) is 4.37. The molecule has 0 radical (unpaired) electrons. The predicted molar refractivity (Wildman–Crippen MR) is 75.5 cm³/mol. The summed E-state index contributed by atoms with van der Waals surface area (Å²) >= 11 is 0. The van der Waals surface area contributed by atoms with Crippen LogP contribution >= 0.6 is 0 Å². The molecule has 0 amide bonds. The Morgan fingerprint density at radius 2 is 1.90 bits per heavy atom. The number of tetrazole rings is 1. The highest BCUT2D eigenvalue weighted by Gasteiger charge is 2.12. The van der Waals surface area contributed by atoms with E-state index in [9.17, 15) is 0 Å². The Bertz CT molecular complexity index is 905. The van der Waals surface area contributed by atoms with E-state index in [-0.39, 0.29) is 0 Å². The van der Waals surface area contributed by atoms with E-state index < -0.39 is 0 Å². The lowest BCUT2D eigenvalue weighted by atomic mass is 10.2.